The van der Waals surface area contributed by atoms with E-state index in [2.05, 4.69) is 31.3 Å². The van der Waals surface area contributed by atoms with Gasteiger partial charge in [0, 0.05) is 21.7 Å². The number of hydrogen-bond acceptors (Lipinski definition) is 3. The maximum atomic E-state index is 15.4. The van der Waals surface area contributed by atoms with Crippen LogP contribution in [0.25, 0.3) is 10.9 Å². The molecule has 5 aromatic rings. The first-order valence-corrected chi connectivity index (χ1v) is 13.1. The van der Waals surface area contributed by atoms with Gasteiger partial charge in [-0.05, 0) is 56.2 Å². The van der Waals surface area contributed by atoms with Crippen LogP contribution in [0.3, 0.4) is 0 Å². The number of nitrogens with one attached hydrogen (secondary N) is 1. The summed E-state index contributed by atoms with van der Waals surface area (Å²) in [5.41, 5.74) is 5.83. The Morgan fingerprint density at radius 3 is 1.74 bits per heavy atom. The third kappa shape index (κ3) is 3.83. The number of benzene rings is 4. The van der Waals surface area contributed by atoms with Crippen molar-refractivity contribution in [3.05, 3.63) is 120 Å². The monoisotopic (exact) mass is 462 g/mol. The molecule has 0 saturated heterocycles. The fourth-order valence-electron chi connectivity index (χ4n) is 4.50. The summed E-state index contributed by atoms with van der Waals surface area (Å²) in [5.74, 6) is 0. The fraction of sp³-hybridized carbons (Fsp3) is 0.100. The van der Waals surface area contributed by atoms with Gasteiger partial charge in [-0.3, -0.25) is 4.98 Å². The molecule has 0 fully saturated rings. The van der Waals surface area contributed by atoms with E-state index in [1.54, 1.807) is 0 Å². The Bertz CT molecular complexity index is 1470. The molecular formula is C30H27N2OP. The molecule has 0 radical (unpaired) electrons. The lowest BCUT2D eigenvalue weighted by atomic mass is 10.0. The Labute approximate surface area is 200 Å². The van der Waals surface area contributed by atoms with Crippen molar-refractivity contribution in [2.45, 2.75) is 20.8 Å². The van der Waals surface area contributed by atoms with Gasteiger partial charge in [0.2, 0.25) is 0 Å². The Hall–Kier alpha value is -3.68. The van der Waals surface area contributed by atoms with E-state index in [4.69, 9.17) is 4.98 Å². The number of rotatable bonds is 5. The van der Waals surface area contributed by atoms with Crippen LogP contribution in [0, 0.1) is 20.8 Å². The van der Waals surface area contributed by atoms with Crippen molar-refractivity contribution in [3.8, 4) is 0 Å². The van der Waals surface area contributed by atoms with Crippen LogP contribution in [-0.2, 0) is 4.57 Å². The molecule has 0 bridgehead atoms. The van der Waals surface area contributed by atoms with E-state index in [9.17, 15) is 0 Å². The molecule has 0 spiro atoms. The molecule has 0 unspecified atom stereocenters. The minimum atomic E-state index is -3.24. The predicted molar refractivity (Wildman–Crippen MR) is 145 cm³/mol. The standard InChI is InChI=1S/C30H27N2OP/c1-21-19-27-28(20-22(21)2)31-23(3)30(29(27)32-24-13-7-4-8-14-24)34(33,25-15-9-5-10-16-25)26-17-11-6-12-18-26/h4-20H,1-3H3,(H,31,32). The second kappa shape index (κ2) is 8.93. The molecule has 3 nitrogen and oxygen atoms in total. The maximum Gasteiger partial charge on any atom is 0.174 e. The second-order valence-electron chi connectivity index (χ2n) is 8.65. The fourth-order valence-corrected chi connectivity index (χ4v) is 7.49. The van der Waals surface area contributed by atoms with Crippen molar-refractivity contribution in [3.63, 3.8) is 0 Å². The van der Waals surface area contributed by atoms with Gasteiger partial charge in [0.1, 0.15) is 0 Å². The van der Waals surface area contributed by atoms with Gasteiger partial charge >= 0.3 is 0 Å². The average Bonchev–Trinajstić information content (AvgIpc) is 2.87. The summed E-state index contributed by atoms with van der Waals surface area (Å²) < 4.78 is 15.4. The lowest BCUT2D eigenvalue weighted by Gasteiger charge is -2.26. The van der Waals surface area contributed by atoms with Crippen LogP contribution < -0.4 is 21.2 Å². The third-order valence-corrected chi connectivity index (χ3v) is 9.57. The molecule has 1 N–H and O–H groups in total. The van der Waals surface area contributed by atoms with Crippen molar-refractivity contribution < 1.29 is 4.57 Å². The predicted octanol–water partition coefficient (Wildman–Crippen LogP) is 6.54. The Balaban J connectivity index is 1.91. The molecule has 1 aromatic heterocycles. The highest BCUT2D eigenvalue weighted by Crippen LogP contribution is 2.47. The van der Waals surface area contributed by atoms with E-state index >= 15 is 4.57 Å². The van der Waals surface area contributed by atoms with Gasteiger partial charge in [-0.2, -0.15) is 0 Å². The zero-order valence-electron chi connectivity index (χ0n) is 19.6. The van der Waals surface area contributed by atoms with E-state index in [-0.39, 0.29) is 0 Å². The summed E-state index contributed by atoms with van der Waals surface area (Å²) in [6.45, 7) is 6.18. The van der Waals surface area contributed by atoms with Crippen LogP contribution in [0.2, 0.25) is 0 Å². The van der Waals surface area contributed by atoms with Crippen molar-refractivity contribution in [1.29, 1.82) is 0 Å². The number of aryl methyl sites for hydroxylation is 3. The SMILES string of the molecule is Cc1cc2nc(C)c(P(=O)(c3ccccc3)c3ccccc3)c(Nc3ccccc3)c2cc1C. The zero-order valence-corrected chi connectivity index (χ0v) is 20.5. The van der Waals surface area contributed by atoms with Gasteiger partial charge in [-0.25, -0.2) is 0 Å². The van der Waals surface area contributed by atoms with Crippen LogP contribution >= 0.6 is 7.14 Å². The van der Waals surface area contributed by atoms with Gasteiger partial charge in [-0.15, -0.1) is 0 Å². The van der Waals surface area contributed by atoms with E-state index in [1.165, 1.54) is 11.1 Å². The lowest BCUT2D eigenvalue weighted by molar-refractivity contribution is 0.592. The molecule has 0 atom stereocenters. The summed E-state index contributed by atoms with van der Waals surface area (Å²) in [5, 5.41) is 6.96. The first-order valence-electron chi connectivity index (χ1n) is 11.4. The molecule has 0 aliphatic heterocycles. The quantitative estimate of drug-likeness (QED) is 0.302. The number of pyridine rings is 1. The summed E-state index contributed by atoms with van der Waals surface area (Å²) in [4.78, 5) is 4.98. The van der Waals surface area contributed by atoms with Crippen LogP contribution in [0.5, 0.6) is 0 Å². The Kier molecular flexibility index (Phi) is 5.81. The molecule has 4 heteroatoms. The van der Waals surface area contributed by atoms with Gasteiger partial charge in [0.25, 0.3) is 0 Å². The van der Waals surface area contributed by atoms with E-state index in [0.717, 1.165) is 43.9 Å². The first kappa shape index (κ1) is 22.1. The van der Waals surface area contributed by atoms with Gasteiger partial charge in [-0.1, -0.05) is 78.9 Å². The molecule has 0 aliphatic rings. The van der Waals surface area contributed by atoms with Crippen LogP contribution in [0.1, 0.15) is 16.8 Å². The molecule has 4 aromatic carbocycles. The summed E-state index contributed by atoms with van der Waals surface area (Å²) in [7, 11) is -3.24. The van der Waals surface area contributed by atoms with Gasteiger partial charge in [0.05, 0.1) is 22.2 Å². The highest BCUT2D eigenvalue weighted by atomic mass is 31.2. The number of aromatic nitrogens is 1. The molecule has 1 heterocycles. The van der Waals surface area contributed by atoms with Crippen molar-refractivity contribution in [1.82, 2.24) is 4.98 Å². The normalized spacial score (nSPS) is 11.5. The number of para-hydroxylation sites is 1. The van der Waals surface area contributed by atoms with E-state index in [1.807, 2.05) is 97.9 Å². The van der Waals surface area contributed by atoms with Crippen molar-refractivity contribution in [2.75, 3.05) is 5.32 Å². The Morgan fingerprint density at radius 2 is 1.18 bits per heavy atom. The molecule has 0 aliphatic carbocycles. The summed E-state index contributed by atoms with van der Waals surface area (Å²) in [6, 6.07) is 33.9. The maximum absolute atomic E-state index is 15.4. The molecule has 5 rings (SSSR count). The number of fused-ring (bicyclic) bond motifs is 1. The molecule has 34 heavy (non-hydrogen) atoms. The topological polar surface area (TPSA) is 42.0 Å². The first-order chi connectivity index (χ1) is 16.5. The van der Waals surface area contributed by atoms with Crippen molar-refractivity contribution >= 4 is 45.3 Å². The molecule has 0 saturated carbocycles. The molecular weight excluding hydrogens is 435 g/mol. The van der Waals surface area contributed by atoms with Crippen molar-refractivity contribution in [2.24, 2.45) is 0 Å². The molecule has 0 amide bonds. The highest BCUT2D eigenvalue weighted by molar-refractivity contribution is 7.85. The zero-order chi connectivity index (χ0) is 23.7. The highest BCUT2D eigenvalue weighted by Gasteiger charge is 2.35. The smallest absolute Gasteiger partial charge is 0.174 e. The minimum Gasteiger partial charge on any atom is -0.354 e. The number of anilines is 2. The van der Waals surface area contributed by atoms with Gasteiger partial charge < -0.3 is 9.88 Å². The second-order valence-corrected chi connectivity index (χ2v) is 11.3. The third-order valence-electron chi connectivity index (χ3n) is 6.35. The average molecular weight is 463 g/mol. The lowest BCUT2D eigenvalue weighted by Crippen LogP contribution is -2.29. The Morgan fingerprint density at radius 1 is 0.676 bits per heavy atom. The van der Waals surface area contributed by atoms with E-state index < -0.39 is 7.14 Å². The van der Waals surface area contributed by atoms with E-state index in [0.29, 0.717) is 0 Å². The largest absolute Gasteiger partial charge is 0.354 e. The number of hydrogen-bond donors (Lipinski definition) is 1. The van der Waals surface area contributed by atoms with Crippen LogP contribution in [0.15, 0.2) is 103 Å². The molecule has 168 valence electrons. The van der Waals surface area contributed by atoms with Gasteiger partial charge in [0.15, 0.2) is 7.14 Å². The summed E-state index contributed by atoms with van der Waals surface area (Å²) >= 11 is 0. The summed E-state index contributed by atoms with van der Waals surface area (Å²) in [6.07, 6.45) is 0. The number of nitrogens with zero attached hydrogens (tertiary/aromatic N) is 1. The van der Waals surface area contributed by atoms with Crippen LogP contribution in [-0.4, -0.2) is 4.98 Å². The minimum absolute atomic E-state index is 0.754. The van der Waals surface area contributed by atoms with Crippen LogP contribution in [0.4, 0.5) is 11.4 Å².